The van der Waals surface area contributed by atoms with Gasteiger partial charge in [-0.05, 0) is 23.6 Å². The number of fused-ring (bicyclic) bond motifs is 1. The first-order valence-corrected chi connectivity index (χ1v) is 8.92. The highest BCUT2D eigenvalue weighted by molar-refractivity contribution is 5.92. The van der Waals surface area contributed by atoms with Gasteiger partial charge in [0, 0.05) is 29.1 Å². The largest absolute Gasteiger partial charge is 0.507 e. The zero-order valence-corrected chi connectivity index (χ0v) is 15.4. The summed E-state index contributed by atoms with van der Waals surface area (Å²) >= 11 is 0. The summed E-state index contributed by atoms with van der Waals surface area (Å²) < 4.78 is 5.63. The summed E-state index contributed by atoms with van der Waals surface area (Å²) in [6.45, 7) is 0. The predicted molar refractivity (Wildman–Crippen MR) is 109 cm³/mol. The van der Waals surface area contributed by atoms with Gasteiger partial charge in [-0.15, -0.1) is 0 Å². The van der Waals surface area contributed by atoms with E-state index in [9.17, 15) is 14.7 Å². The minimum absolute atomic E-state index is 0.118. The number of aromatic hydroxyl groups is 1. The van der Waals surface area contributed by atoms with Gasteiger partial charge < -0.3 is 9.84 Å². The third-order valence-corrected chi connectivity index (χ3v) is 4.28. The first-order chi connectivity index (χ1) is 14.1. The van der Waals surface area contributed by atoms with Crippen LogP contribution in [-0.4, -0.2) is 22.3 Å². The molecule has 0 aromatic heterocycles. The van der Waals surface area contributed by atoms with Crippen LogP contribution in [0.25, 0.3) is 10.8 Å². The number of carbonyl (C=O) groups is 2. The smallest absolute Gasteiger partial charge is 0.412 e. The number of hydrogen-bond donors (Lipinski definition) is 4. The van der Waals surface area contributed by atoms with Crippen LogP contribution in [0.3, 0.4) is 0 Å². The number of hydrogen-bond acceptors (Lipinski definition) is 5. The van der Waals surface area contributed by atoms with Crippen molar-refractivity contribution in [1.82, 2.24) is 5.48 Å². The summed E-state index contributed by atoms with van der Waals surface area (Å²) in [7, 11) is 0. The topological polar surface area (TPSA) is 108 Å². The van der Waals surface area contributed by atoms with Crippen molar-refractivity contribution in [2.24, 2.45) is 0 Å². The number of anilines is 1. The fraction of sp³-hybridized carbons (Fsp3) is 0.0909. The van der Waals surface area contributed by atoms with Crippen molar-refractivity contribution >= 4 is 28.5 Å². The number of nitrogens with one attached hydrogen (secondary N) is 2. The molecule has 3 aromatic carbocycles. The number of hydroxylamine groups is 1. The molecule has 0 unspecified atom stereocenters. The fourth-order valence-corrected chi connectivity index (χ4v) is 2.96. The van der Waals surface area contributed by atoms with Crippen LogP contribution in [0, 0.1) is 0 Å². The van der Waals surface area contributed by atoms with Crippen LogP contribution in [0.4, 0.5) is 10.5 Å². The van der Waals surface area contributed by atoms with E-state index in [-0.39, 0.29) is 12.2 Å². The molecule has 0 aliphatic rings. The molecule has 0 aliphatic heterocycles. The van der Waals surface area contributed by atoms with Crippen molar-refractivity contribution in [3.63, 3.8) is 0 Å². The van der Waals surface area contributed by atoms with Gasteiger partial charge in [0.25, 0.3) is 5.91 Å². The van der Waals surface area contributed by atoms with Crippen molar-refractivity contribution in [3.05, 3.63) is 84.4 Å². The lowest BCUT2D eigenvalue weighted by atomic mass is 9.97. The summed E-state index contributed by atoms with van der Waals surface area (Å²) in [6.07, 6.45) is 1.44. The number of amides is 2. The standard InChI is InChI=1S/C22H20N2O5/c25-19-14-13-18(16-9-4-5-10-17(16)19)20(11-6-12-21(26)24-28)29-22(27)23-15-7-2-1-3-8-15/h1-10,12-14,20,25,28H,11H2,(H,23,27)(H,24,26)/b12-6+/t20-/m0/s1. The van der Waals surface area contributed by atoms with Gasteiger partial charge in [-0.1, -0.05) is 54.6 Å². The first kappa shape index (κ1) is 19.9. The van der Waals surface area contributed by atoms with Crippen LogP contribution >= 0.6 is 0 Å². The molecule has 1 atom stereocenters. The zero-order chi connectivity index (χ0) is 20.6. The molecule has 2 amide bonds. The van der Waals surface area contributed by atoms with E-state index in [0.717, 1.165) is 11.5 Å². The zero-order valence-electron chi connectivity index (χ0n) is 15.4. The van der Waals surface area contributed by atoms with Gasteiger partial charge in [-0.2, -0.15) is 0 Å². The molecule has 29 heavy (non-hydrogen) atoms. The first-order valence-electron chi connectivity index (χ1n) is 8.92. The summed E-state index contributed by atoms with van der Waals surface area (Å²) in [5.41, 5.74) is 2.77. The van der Waals surface area contributed by atoms with Crippen LogP contribution in [0.1, 0.15) is 18.1 Å². The van der Waals surface area contributed by atoms with Gasteiger partial charge in [-0.3, -0.25) is 15.3 Å². The molecule has 0 bridgehead atoms. The van der Waals surface area contributed by atoms with Crippen molar-refractivity contribution in [1.29, 1.82) is 0 Å². The van der Waals surface area contributed by atoms with Gasteiger partial charge in [0.1, 0.15) is 11.9 Å². The molecule has 0 saturated carbocycles. The van der Waals surface area contributed by atoms with Crippen LogP contribution in [0.15, 0.2) is 78.9 Å². The second-order valence-corrected chi connectivity index (χ2v) is 6.22. The molecule has 4 N–H and O–H groups in total. The number of ether oxygens (including phenoxy) is 1. The van der Waals surface area contributed by atoms with E-state index in [2.05, 4.69) is 5.32 Å². The van der Waals surface area contributed by atoms with Crippen LogP contribution in [-0.2, 0) is 9.53 Å². The third-order valence-electron chi connectivity index (χ3n) is 4.28. The van der Waals surface area contributed by atoms with Crippen molar-refractivity contribution in [2.45, 2.75) is 12.5 Å². The molecule has 3 rings (SSSR count). The Hall–Kier alpha value is -3.84. The van der Waals surface area contributed by atoms with Gasteiger partial charge in [-0.25, -0.2) is 10.3 Å². The van der Waals surface area contributed by atoms with E-state index >= 15 is 0 Å². The molecular formula is C22H20N2O5. The van der Waals surface area contributed by atoms with E-state index in [0.29, 0.717) is 16.6 Å². The Morgan fingerprint density at radius 3 is 2.38 bits per heavy atom. The Balaban J connectivity index is 1.89. The number of phenolic OH excluding ortho intramolecular Hbond substituents is 1. The van der Waals surface area contributed by atoms with Crippen molar-refractivity contribution in [2.75, 3.05) is 5.32 Å². The summed E-state index contributed by atoms with van der Waals surface area (Å²) in [5.74, 6) is -0.569. The summed E-state index contributed by atoms with van der Waals surface area (Å²) in [6, 6.07) is 19.3. The highest BCUT2D eigenvalue weighted by Crippen LogP contribution is 2.34. The fourth-order valence-electron chi connectivity index (χ4n) is 2.96. The van der Waals surface area contributed by atoms with Gasteiger partial charge in [0.05, 0.1) is 0 Å². The number of benzene rings is 3. The second-order valence-electron chi connectivity index (χ2n) is 6.22. The van der Waals surface area contributed by atoms with Crippen LogP contribution < -0.4 is 10.8 Å². The SMILES string of the molecule is O=C(/C=C/C[C@H](OC(=O)Nc1ccccc1)c1ccc(O)c2ccccc12)NO. The molecule has 0 fully saturated rings. The highest BCUT2D eigenvalue weighted by Gasteiger charge is 2.19. The Morgan fingerprint density at radius 2 is 1.66 bits per heavy atom. The Kier molecular flexibility index (Phi) is 6.44. The molecule has 0 radical (unpaired) electrons. The molecule has 3 aromatic rings. The van der Waals surface area contributed by atoms with Gasteiger partial charge in [0.15, 0.2) is 0 Å². The minimum atomic E-state index is -0.730. The third kappa shape index (κ3) is 5.12. The number of para-hydroxylation sites is 1. The van der Waals surface area contributed by atoms with Crippen LogP contribution in [0.2, 0.25) is 0 Å². The number of phenols is 1. The molecular weight excluding hydrogens is 372 g/mol. The van der Waals surface area contributed by atoms with Gasteiger partial charge in [0.2, 0.25) is 0 Å². The van der Waals surface area contributed by atoms with Crippen LogP contribution in [0.5, 0.6) is 5.75 Å². The Bertz CT molecular complexity index is 1030. The Morgan fingerprint density at radius 1 is 0.966 bits per heavy atom. The average Bonchev–Trinajstić information content (AvgIpc) is 2.74. The maximum absolute atomic E-state index is 12.4. The molecule has 0 aliphatic carbocycles. The number of carbonyl (C=O) groups excluding carboxylic acids is 2. The normalized spacial score (nSPS) is 11.9. The van der Waals surface area contributed by atoms with Crippen molar-refractivity contribution in [3.8, 4) is 5.75 Å². The second kappa shape index (κ2) is 9.38. The predicted octanol–water partition coefficient (Wildman–Crippen LogP) is 4.29. The molecule has 0 spiro atoms. The molecule has 0 heterocycles. The minimum Gasteiger partial charge on any atom is -0.507 e. The Labute approximate surface area is 167 Å². The lowest BCUT2D eigenvalue weighted by Gasteiger charge is -2.19. The van der Waals surface area contributed by atoms with E-state index in [1.165, 1.54) is 17.6 Å². The molecule has 7 nitrogen and oxygen atoms in total. The monoisotopic (exact) mass is 392 g/mol. The molecule has 0 saturated heterocycles. The quantitative estimate of drug-likeness (QED) is 0.284. The lowest BCUT2D eigenvalue weighted by Crippen LogP contribution is -2.18. The maximum Gasteiger partial charge on any atom is 0.412 e. The molecule has 7 heteroatoms. The summed E-state index contributed by atoms with van der Waals surface area (Å²) in [5, 5.41) is 22.8. The number of rotatable bonds is 6. The highest BCUT2D eigenvalue weighted by atomic mass is 16.6. The van der Waals surface area contributed by atoms with E-state index in [1.807, 2.05) is 18.2 Å². The lowest BCUT2D eigenvalue weighted by molar-refractivity contribution is -0.124. The van der Waals surface area contributed by atoms with E-state index < -0.39 is 18.1 Å². The average molecular weight is 392 g/mol. The van der Waals surface area contributed by atoms with E-state index in [4.69, 9.17) is 9.94 Å². The van der Waals surface area contributed by atoms with Gasteiger partial charge >= 0.3 is 6.09 Å². The van der Waals surface area contributed by atoms with Crippen molar-refractivity contribution < 1.29 is 24.6 Å². The maximum atomic E-state index is 12.4. The van der Waals surface area contributed by atoms with E-state index in [1.54, 1.807) is 42.5 Å². The summed E-state index contributed by atoms with van der Waals surface area (Å²) in [4.78, 5) is 23.7. The molecule has 148 valence electrons.